The molecule has 3 rings (SSSR count). The van der Waals surface area contributed by atoms with Crippen molar-refractivity contribution in [2.75, 3.05) is 0 Å². The fourth-order valence-electron chi connectivity index (χ4n) is 4.53. The van der Waals surface area contributed by atoms with Gasteiger partial charge in [0, 0.05) is 0 Å². The van der Waals surface area contributed by atoms with Gasteiger partial charge in [-0.2, -0.15) is 0 Å². The second-order valence-corrected chi connectivity index (χ2v) is 7.01. The van der Waals surface area contributed by atoms with E-state index in [4.69, 9.17) is 4.74 Å². The van der Waals surface area contributed by atoms with Gasteiger partial charge in [-0.05, 0) is 56.8 Å². The molecule has 3 fully saturated rings. The van der Waals surface area contributed by atoms with Gasteiger partial charge in [-0.15, -0.1) is 0 Å². The van der Waals surface area contributed by atoms with Crippen LogP contribution in [0.3, 0.4) is 0 Å². The van der Waals surface area contributed by atoms with Gasteiger partial charge >= 0.3 is 5.97 Å². The number of carbonyl (C=O) groups excluding carboxylic acids is 1. The van der Waals surface area contributed by atoms with E-state index in [1.165, 1.54) is 51.4 Å². The Morgan fingerprint density at radius 2 is 1.42 bits per heavy atom. The van der Waals surface area contributed by atoms with Crippen LogP contribution in [0.2, 0.25) is 0 Å². The number of hydrogen-bond donors (Lipinski definition) is 0. The maximum atomic E-state index is 12.3. The summed E-state index contributed by atoms with van der Waals surface area (Å²) in [7, 11) is 0. The van der Waals surface area contributed by atoms with Gasteiger partial charge in [0.25, 0.3) is 0 Å². The summed E-state index contributed by atoms with van der Waals surface area (Å²) in [5, 5.41) is 0. The Kier molecular flexibility index (Phi) is 4.45. The van der Waals surface area contributed by atoms with Crippen LogP contribution in [-0.2, 0) is 9.53 Å². The molecule has 3 aliphatic rings. The molecule has 0 aromatic rings. The van der Waals surface area contributed by atoms with E-state index in [1.54, 1.807) is 0 Å². The zero-order chi connectivity index (χ0) is 13.1. The van der Waals surface area contributed by atoms with Gasteiger partial charge in [0.2, 0.25) is 0 Å². The fourth-order valence-corrected chi connectivity index (χ4v) is 4.53. The first-order valence-electron chi connectivity index (χ1n) is 8.53. The normalized spacial score (nSPS) is 36.5. The lowest BCUT2D eigenvalue weighted by Gasteiger charge is -2.38. The van der Waals surface area contributed by atoms with Crippen LogP contribution in [0.25, 0.3) is 0 Å². The summed E-state index contributed by atoms with van der Waals surface area (Å²) in [4.78, 5) is 12.3. The molecule has 3 unspecified atom stereocenters. The molecule has 0 spiro atoms. The summed E-state index contributed by atoms with van der Waals surface area (Å²) in [6.45, 7) is 0. The number of ether oxygens (including phenoxy) is 1. The molecule has 0 heterocycles. The van der Waals surface area contributed by atoms with Crippen molar-refractivity contribution in [3.63, 3.8) is 0 Å². The Hall–Kier alpha value is -0.530. The largest absolute Gasteiger partial charge is 0.462 e. The molecular weight excluding hydrogens is 236 g/mol. The van der Waals surface area contributed by atoms with E-state index in [9.17, 15) is 4.79 Å². The minimum absolute atomic E-state index is 0.135. The summed E-state index contributed by atoms with van der Waals surface area (Å²) in [5.41, 5.74) is 0. The van der Waals surface area contributed by atoms with Crippen molar-refractivity contribution in [1.29, 1.82) is 0 Å². The number of hydrogen-bond acceptors (Lipinski definition) is 2. The lowest BCUT2D eigenvalue weighted by Crippen LogP contribution is -2.34. The molecule has 3 aliphatic carbocycles. The van der Waals surface area contributed by atoms with E-state index in [1.807, 2.05) is 0 Å². The van der Waals surface area contributed by atoms with Gasteiger partial charge in [-0.3, -0.25) is 4.79 Å². The molecule has 19 heavy (non-hydrogen) atoms. The molecule has 108 valence electrons. The molecule has 2 heteroatoms. The highest BCUT2D eigenvalue weighted by Crippen LogP contribution is 2.43. The standard InChI is InChI=1S/C17H28O2/c18-17(19-16-8-2-1-3-9-16)15-11-10-13-6-4-5-7-14(13)12-15/h13-16H,1-12H2. The molecule has 0 N–H and O–H groups in total. The van der Waals surface area contributed by atoms with Crippen LogP contribution >= 0.6 is 0 Å². The highest BCUT2D eigenvalue weighted by molar-refractivity contribution is 5.72. The van der Waals surface area contributed by atoms with Crippen molar-refractivity contribution >= 4 is 5.97 Å². The van der Waals surface area contributed by atoms with Crippen LogP contribution < -0.4 is 0 Å². The molecule has 3 atom stereocenters. The number of carbonyl (C=O) groups is 1. The summed E-state index contributed by atoms with van der Waals surface area (Å²) in [6.07, 6.45) is 15.3. The molecule has 0 amide bonds. The van der Waals surface area contributed by atoms with E-state index in [2.05, 4.69) is 0 Å². The first kappa shape index (κ1) is 13.5. The Bertz CT molecular complexity index is 306. The molecule has 0 saturated heterocycles. The zero-order valence-corrected chi connectivity index (χ0v) is 12.1. The van der Waals surface area contributed by atoms with Crippen LogP contribution in [0, 0.1) is 17.8 Å². The SMILES string of the molecule is O=C(OC1CCCCC1)C1CCC2CCCCC2C1. The topological polar surface area (TPSA) is 26.3 Å². The minimum atomic E-state index is 0.135. The summed E-state index contributed by atoms with van der Waals surface area (Å²) in [5.74, 6) is 2.11. The summed E-state index contributed by atoms with van der Waals surface area (Å²) < 4.78 is 5.77. The van der Waals surface area contributed by atoms with E-state index in [0.29, 0.717) is 0 Å². The van der Waals surface area contributed by atoms with E-state index in [0.717, 1.165) is 37.5 Å². The predicted octanol–water partition coefficient (Wildman–Crippen LogP) is 4.47. The highest BCUT2D eigenvalue weighted by atomic mass is 16.5. The third kappa shape index (κ3) is 3.32. The van der Waals surface area contributed by atoms with Crippen molar-refractivity contribution in [3.05, 3.63) is 0 Å². The maximum Gasteiger partial charge on any atom is 0.309 e. The Morgan fingerprint density at radius 3 is 2.21 bits per heavy atom. The van der Waals surface area contributed by atoms with Crippen LogP contribution in [0.4, 0.5) is 0 Å². The van der Waals surface area contributed by atoms with Crippen molar-refractivity contribution in [1.82, 2.24) is 0 Å². The van der Waals surface area contributed by atoms with Gasteiger partial charge in [0.15, 0.2) is 0 Å². The van der Waals surface area contributed by atoms with Gasteiger partial charge in [-0.1, -0.05) is 32.1 Å². The molecular formula is C17H28O2. The first-order chi connectivity index (χ1) is 9.33. The van der Waals surface area contributed by atoms with Crippen LogP contribution in [0.15, 0.2) is 0 Å². The van der Waals surface area contributed by atoms with E-state index in [-0.39, 0.29) is 18.0 Å². The third-order valence-electron chi connectivity index (χ3n) is 5.71. The highest BCUT2D eigenvalue weighted by Gasteiger charge is 2.36. The van der Waals surface area contributed by atoms with Crippen molar-refractivity contribution in [2.24, 2.45) is 17.8 Å². The second-order valence-electron chi connectivity index (χ2n) is 7.01. The van der Waals surface area contributed by atoms with Gasteiger partial charge in [-0.25, -0.2) is 0 Å². The predicted molar refractivity (Wildman–Crippen MR) is 75.8 cm³/mol. The average Bonchev–Trinajstić information content (AvgIpc) is 2.48. The van der Waals surface area contributed by atoms with Crippen LogP contribution in [-0.4, -0.2) is 12.1 Å². The zero-order valence-electron chi connectivity index (χ0n) is 12.1. The van der Waals surface area contributed by atoms with Gasteiger partial charge in [0.05, 0.1) is 5.92 Å². The monoisotopic (exact) mass is 264 g/mol. The summed E-state index contributed by atoms with van der Waals surface area (Å²) >= 11 is 0. The molecule has 0 radical (unpaired) electrons. The van der Waals surface area contributed by atoms with E-state index < -0.39 is 0 Å². The molecule has 0 aromatic carbocycles. The lowest BCUT2D eigenvalue weighted by atomic mass is 9.67. The smallest absolute Gasteiger partial charge is 0.309 e. The Morgan fingerprint density at radius 1 is 0.737 bits per heavy atom. The number of esters is 1. The fraction of sp³-hybridized carbons (Fsp3) is 0.941. The second kappa shape index (κ2) is 6.28. The summed E-state index contributed by atoms with van der Waals surface area (Å²) in [6, 6.07) is 0. The Balaban J connectivity index is 1.49. The minimum Gasteiger partial charge on any atom is -0.462 e. The molecule has 0 bridgehead atoms. The lowest BCUT2D eigenvalue weighted by molar-refractivity contribution is -0.158. The molecule has 0 aromatic heterocycles. The quantitative estimate of drug-likeness (QED) is 0.688. The Labute approximate surface area is 117 Å². The van der Waals surface area contributed by atoms with Crippen LogP contribution in [0.5, 0.6) is 0 Å². The van der Waals surface area contributed by atoms with Crippen molar-refractivity contribution < 1.29 is 9.53 Å². The third-order valence-corrected chi connectivity index (χ3v) is 5.71. The molecule has 3 saturated carbocycles. The van der Waals surface area contributed by atoms with Gasteiger partial charge in [0.1, 0.15) is 6.10 Å². The van der Waals surface area contributed by atoms with Crippen molar-refractivity contribution in [3.8, 4) is 0 Å². The number of rotatable bonds is 2. The van der Waals surface area contributed by atoms with Crippen molar-refractivity contribution in [2.45, 2.75) is 83.2 Å². The molecule has 2 nitrogen and oxygen atoms in total. The van der Waals surface area contributed by atoms with Crippen LogP contribution in [0.1, 0.15) is 77.0 Å². The maximum absolute atomic E-state index is 12.3. The first-order valence-corrected chi connectivity index (χ1v) is 8.53. The van der Waals surface area contributed by atoms with Gasteiger partial charge < -0.3 is 4.74 Å². The number of fused-ring (bicyclic) bond motifs is 1. The molecule has 0 aliphatic heterocycles. The average molecular weight is 264 g/mol. The van der Waals surface area contributed by atoms with E-state index >= 15 is 0 Å².